The van der Waals surface area contributed by atoms with Gasteiger partial charge in [0.1, 0.15) is 0 Å². The van der Waals surface area contributed by atoms with Gasteiger partial charge in [0.2, 0.25) is 0 Å². The minimum Gasteiger partial charge on any atom is -0.383 e. The number of anilines is 1. The zero-order chi connectivity index (χ0) is 11.7. The van der Waals surface area contributed by atoms with E-state index in [2.05, 4.69) is 0 Å². The van der Waals surface area contributed by atoms with Crippen LogP contribution in [0.1, 0.15) is 12.5 Å². The number of hydrogen-bond donors (Lipinski definition) is 0. The Morgan fingerprint density at radius 3 is 2.62 bits per heavy atom. The summed E-state index contributed by atoms with van der Waals surface area (Å²) in [6.45, 7) is 2.70. The van der Waals surface area contributed by atoms with E-state index in [1.54, 1.807) is 0 Å². The van der Waals surface area contributed by atoms with Gasteiger partial charge in [0.05, 0.1) is 11.3 Å². The van der Waals surface area contributed by atoms with Gasteiger partial charge in [0.25, 0.3) is 5.91 Å². The monoisotopic (exact) mass is 216 g/mol. The molecule has 0 saturated carbocycles. The second-order valence-corrected chi connectivity index (χ2v) is 4.07. The number of likely N-dealkylation sites (N-methyl/N-ethyl adjacent to an activating group) is 1. The van der Waals surface area contributed by atoms with Crippen LogP contribution in [-0.2, 0) is 4.79 Å². The van der Waals surface area contributed by atoms with Crippen LogP contribution in [0, 0.1) is 0 Å². The molecule has 0 bridgehead atoms. The Morgan fingerprint density at radius 2 is 2.00 bits per heavy atom. The van der Waals surface area contributed by atoms with Crippen molar-refractivity contribution in [3.63, 3.8) is 0 Å². The van der Waals surface area contributed by atoms with Crippen molar-refractivity contribution < 1.29 is 4.79 Å². The Balaban J connectivity index is 2.55. The number of hydrogen-bond acceptors (Lipinski definition) is 2. The van der Waals surface area contributed by atoms with Crippen molar-refractivity contribution in [3.05, 3.63) is 36.0 Å². The zero-order valence-corrected chi connectivity index (χ0v) is 9.90. The van der Waals surface area contributed by atoms with Crippen LogP contribution in [0.4, 0.5) is 5.69 Å². The van der Waals surface area contributed by atoms with Gasteiger partial charge in [0, 0.05) is 32.4 Å². The largest absolute Gasteiger partial charge is 0.383 e. The topological polar surface area (TPSA) is 23.6 Å². The molecule has 0 fully saturated rings. The first-order valence-corrected chi connectivity index (χ1v) is 5.44. The van der Waals surface area contributed by atoms with Gasteiger partial charge >= 0.3 is 0 Å². The number of para-hydroxylation sites is 1. The van der Waals surface area contributed by atoms with Crippen molar-refractivity contribution in [2.45, 2.75) is 6.92 Å². The lowest BCUT2D eigenvalue weighted by molar-refractivity contribution is -0.113. The zero-order valence-electron chi connectivity index (χ0n) is 9.90. The second-order valence-electron chi connectivity index (χ2n) is 4.07. The van der Waals surface area contributed by atoms with Crippen LogP contribution in [0.5, 0.6) is 0 Å². The summed E-state index contributed by atoms with van der Waals surface area (Å²) in [5, 5.41) is 0. The lowest BCUT2D eigenvalue weighted by Crippen LogP contribution is -2.26. The molecule has 1 aliphatic rings. The van der Waals surface area contributed by atoms with E-state index in [1.807, 2.05) is 61.3 Å². The van der Waals surface area contributed by atoms with Crippen LogP contribution >= 0.6 is 0 Å². The van der Waals surface area contributed by atoms with Crippen molar-refractivity contribution in [3.8, 4) is 0 Å². The average molecular weight is 216 g/mol. The van der Waals surface area contributed by atoms with E-state index in [9.17, 15) is 4.79 Å². The fraction of sp³-hybridized carbons (Fsp3) is 0.308. The third-order valence-corrected chi connectivity index (χ3v) is 2.66. The third-order valence-electron chi connectivity index (χ3n) is 2.66. The van der Waals surface area contributed by atoms with E-state index >= 15 is 0 Å². The first-order valence-electron chi connectivity index (χ1n) is 5.44. The Morgan fingerprint density at radius 1 is 1.31 bits per heavy atom. The molecule has 0 unspecified atom stereocenters. The molecule has 1 aromatic carbocycles. The summed E-state index contributed by atoms with van der Waals surface area (Å²) in [6, 6.07) is 7.92. The highest BCUT2D eigenvalue weighted by Crippen LogP contribution is 2.36. The predicted molar refractivity (Wildman–Crippen MR) is 66.1 cm³/mol. The number of rotatable bonds is 2. The summed E-state index contributed by atoms with van der Waals surface area (Å²) >= 11 is 0. The number of carbonyl (C=O) groups is 1. The minimum atomic E-state index is 0.0948. The molecule has 0 N–H and O–H groups in total. The van der Waals surface area contributed by atoms with E-state index in [0.29, 0.717) is 6.54 Å². The summed E-state index contributed by atoms with van der Waals surface area (Å²) in [5.74, 6) is 0.0948. The van der Waals surface area contributed by atoms with Gasteiger partial charge in [-0.3, -0.25) is 4.79 Å². The molecule has 0 atom stereocenters. The van der Waals surface area contributed by atoms with E-state index in [4.69, 9.17) is 0 Å². The Kier molecular flexibility index (Phi) is 2.69. The van der Waals surface area contributed by atoms with E-state index in [-0.39, 0.29) is 5.91 Å². The van der Waals surface area contributed by atoms with Crippen molar-refractivity contribution in [1.82, 2.24) is 4.90 Å². The summed E-state index contributed by atoms with van der Waals surface area (Å²) < 4.78 is 0. The number of nitrogens with zero attached hydrogens (tertiary/aromatic N) is 2. The van der Waals surface area contributed by atoms with E-state index in [1.165, 1.54) is 0 Å². The molecule has 1 amide bonds. The van der Waals surface area contributed by atoms with Gasteiger partial charge in [-0.1, -0.05) is 18.2 Å². The van der Waals surface area contributed by atoms with Gasteiger partial charge in [-0.15, -0.1) is 0 Å². The first-order chi connectivity index (χ1) is 7.65. The summed E-state index contributed by atoms with van der Waals surface area (Å²) in [6.07, 6.45) is 1.89. The van der Waals surface area contributed by atoms with Crippen molar-refractivity contribution in [1.29, 1.82) is 0 Å². The van der Waals surface area contributed by atoms with Gasteiger partial charge in [0.15, 0.2) is 0 Å². The maximum atomic E-state index is 12.2. The van der Waals surface area contributed by atoms with Gasteiger partial charge in [-0.25, -0.2) is 0 Å². The number of carbonyl (C=O) groups excluding carboxylic acids is 1. The molecule has 2 rings (SSSR count). The molecule has 84 valence electrons. The van der Waals surface area contributed by atoms with Gasteiger partial charge in [-0.05, 0) is 13.0 Å². The van der Waals surface area contributed by atoms with Crippen LogP contribution < -0.4 is 4.90 Å². The maximum Gasteiger partial charge on any atom is 0.260 e. The molecule has 0 aliphatic carbocycles. The van der Waals surface area contributed by atoms with E-state index in [0.717, 1.165) is 16.8 Å². The Bertz CT molecular complexity index is 449. The molecular weight excluding hydrogens is 200 g/mol. The van der Waals surface area contributed by atoms with Crippen molar-refractivity contribution >= 4 is 17.2 Å². The highest BCUT2D eigenvalue weighted by molar-refractivity contribution is 6.32. The fourth-order valence-electron chi connectivity index (χ4n) is 2.00. The summed E-state index contributed by atoms with van der Waals surface area (Å²) in [7, 11) is 3.86. The molecule has 1 aromatic rings. The average Bonchev–Trinajstić information content (AvgIpc) is 2.52. The Labute approximate surface area is 96.0 Å². The molecule has 0 spiro atoms. The number of benzene rings is 1. The molecule has 0 saturated heterocycles. The lowest BCUT2D eigenvalue weighted by atomic mass is 10.1. The maximum absolute atomic E-state index is 12.2. The van der Waals surface area contributed by atoms with Crippen LogP contribution in [-0.4, -0.2) is 31.4 Å². The molecule has 0 radical (unpaired) electrons. The summed E-state index contributed by atoms with van der Waals surface area (Å²) in [5.41, 5.74) is 2.83. The van der Waals surface area contributed by atoms with Crippen molar-refractivity contribution in [2.24, 2.45) is 0 Å². The highest BCUT2D eigenvalue weighted by atomic mass is 16.2. The molecule has 3 heteroatoms. The fourth-order valence-corrected chi connectivity index (χ4v) is 2.00. The predicted octanol–water partition coefficient (Wildman–Crippen LogP) is 1.96. The number of amides is 1. The second kappa shape index (κ2) is 4.00. The van der Waals surface area contributed by atoms with Crippen molar-refractivity contribution in [2.75, 3.05) is 25.5 Å². The molecule has 1 heterocycles. The first kappa shape index (κ1) is 10.7. The van der Waals surface area contributed by atoms with Crippen LogP contribution in [0.2, 0.25) is 0 Å². The normalized spacial score (nSPS) is 16.8. The highest BCUT2D eigenvalue weighted by Gasteiger charge is 2.30. The minimum absolute atomic E-state index is 0.0948. The van der Waals surface area contributed by atoms with Crippen LogP contribution in [0.25, 0.3) is 5.57 Å². The third kappa shape index (κ3) is 1.58. The lowest BCUT2D eigenvalue weighted by Gasteiger charge is -2.13. The quantitative estimate of drug-likeness (QED) is 0.705. The molecule has 0 aromatic heterocycles. The van der Waals surface area contributed by atoms with Crippen LogP contribution in [0.3, 0.4) is 0 Å². The molecule has 3 nitrogen and oxygen atoms in total. The summed E-state index contributed by atoms with van der Waals surface area (Å²) in [4.78, 5) is 15.9. The van der Waals surface area contributed by atoms with Crippen LogP contribution in [0.15, 0.2) is 30.5 Å². The smallest absolute Gasteiger partial charge is 0.260 e. The van der Waals surface area contributed by atoms with Gasteiger partial charge in [-0.2, -0.15) is 0 Å². The molecular formula is C13H16N2O. The Hall–Kier alpha value is -1.77. The van der Waals surface area contributed by atoms with Gasteiger partial charge < -0.3 is 9.80 Å². The standard InChI is InChI=1S/C13H16N2O/c1-4-15-12-8-6-5-7-10(12)11(13(15)16)9-14(2)3/h5-9H,4H2,1-3H3/b11-9-. The molecule has 1 aliphatic heterocycles. The SMILES string of the molecule is CCN1C(=O)/C(=C\N(C)C)c2ccccc21. The van der Waals surface area contributed by atoms with E-state index < -0.39 is 0 Å². The molecule has 16 heavy (non-hydrogen) atoms. The number of fused-ring (bicyclic) bond motifs is 1.